The van der Waals surface area contributed by atoms with Gasteiger partial charge in [-0.15, -0.1) is 0 Å². The lowest BCUT2D eigenvalue weighted by molar-refractivity contribution is -0.116. The molecule has 0 bridgehead atoms. The molecule has 0 atom stereocenters. The Kier molecular flexibility index (Phi) is 6.13. The molecule has 3 rings (SSSR count). The highest BCUT2D eigenvalue weighted by molar-refractivity contribution is 7.93. The maximum Gasteiger partial charge on any atom is 0.244 e. The van der Waals surface area contributed by atoms with Gasteiger partial charge in [-0.3, -0.25) is 9.10 Å². The summed E-state index contributed by atoms with van der Waals surface area (Å²) in [5.74, 6) is 0.753. The second kappa shape index (κ2) is 8.73. The van der Waals surface area contributed by atoms with Gasteiger partial charge in [0.1, 0.15) is 12.4 Å². The van der Waals surface area contributed by atoms with E-state index in [2.05, 4.69) is 5.32 Å². The zero-order valence-electron chi connectivity index (χ0n) is 14.9. The number of benzene rings is 2. The van der Waals surface area contributed by atoms with E-state index in [4.69, 9.17) is 4.74 Å². The third-order valence-electron chi connectivity index (χ3n) is 4.12. The molecule has 1 saturated heterocycles. The molecule has 0 aromatic heterocycles. The van der Waals surface area contributed by atoms with Gasteiger partial charge in [-0.1, -0.05) is 30.3 Å². The van der Waals surface area contributed by atoms with Crippen LogP contribution in [0.1, 0.15) is 12.0 Å². The van der Waals surface area contributed by atoms with E-state index in [9.17, 15) is 13.2 Å². The van der Waals surface area contributed by atoms with Gasteiger partial charge in [0.15, 0.2) is 0 Å². The van der Waals surface area contributed by atoms with Crippen molar-refractivity contribution in [3.8, 4) is 5.75 Å². The van der Waals surface area contributed by atoms with Crippen LogP contribution < -0.4 is 14.4 Å². The first-order valence-corrected chi connectivity index (χ1v) is 10.4. The lowest BCUT2D eigenvalue weighted by atomic mass is 10.2. The molecule has 6 nitrogen and oxygen atoms in total. The summed E-state index contributed by atoms with van der Waals surface area (Å²) in [6.07, 6.45) is 3.79. The summed E-state index contributed by atoms with van der Waals surface area (Å²) in [6, 6.07) is 16.5. The minimum Gasteiger partial charge on any atom is -0.492 e. The predicted octanol–water partition coefficient (Wildman–Crippen LogP) is 2.43. The van der Waals surface area contributed by atoms with Crippen LogP contribution in [0.15, 0.2) is 60.7 Å². The largest absolute Gasteiger partial charge is 0.492 e. The van der Waals surface area contributed by atoms with Crippen molar-refractivity contribution in [3.05, 3.63) is 66.2 Å². The average Bonchev–Trinajstić information content (AvgIpc) is 3.04. The zero-order valence-corrected chi connectivity index (χ0v) is 15.7. The molecule has 27 heavy (non-hydrogen) atoms. The first-order valence-electron chi connectivity index (χ1n) is 8.79. The average molecular weight is 386 g/mol. The van der Waals surface area contributed by atoms with Gasteiger partial charge in [0.25, 0.3) is 0 Å². The fraction of sp³-hybridized carbons (Fsp3) is 0.250. The maximum absolute atomic E-state index is 11.9. The van der Waals surface area contributed by atoms with Gasteiger partial charge in [-0.2, -0.15) is 0 Å². The first kappa shape index (κ1) is 19.0. The smallest absolute Gasteiger partial charge is 0.244 e. The topological polar surface area (TPSA) is 75.7 Å². The van der Waals surface area contributed by atoms with Gasteiger partial charge in [0.2, 0.25) is 15.9 Å². The lowest BCUT2D eigenvalue weighted by Crippen LogP contribution is -2.26. The normalized spacial score (nSPS) is 15.8. The SMILES string of the molecule is O=C(/C=C/c1ccc(N2CCCS2(=O)=O)cc1)NCCOc1ccccc1. The molecule has 2 aromatic rings. The van der Waals surface area contributed by atoms with E-state index in [0.29, 0.717) is 31.8 Å². The summed E-state index contributed by atoms with van der Waals surface area (Å²) in [7, 11) is -3.17. The second-order valence-corrected chi connectivity index (χ2v) is 8.13. The van der Waals surface area contributed by atoms with Crippen molar-refractivity contribution in [1.29, 1.82) is 0 Å². The molecule has 1 aliphatic heterocycles. The number of sulfonamides is 1. The highest BCUT2D eigenvalue weighted by Crippen LogP contribution is 2.24. The standard InChI is InChI=1S/C20H22N2O4S/c23-20(21-13-15-26-19-5-2-1-3-6-19)12-9-17-7-10-18(11-8-17)22-14-4-16-27(22,24)25/h1-3,5-12H,4,13-16H2,(H,21,23)/b12-9+. The molecule has 0 aliphatic carbocycles. The molecule has 0 saturated carbocycles. The molecule has 1 heterocycles. The maximum atomic E-state index is 11.9. The van der Waals surface area contributed by atoms with Crippen LogP contribution in [0, 0.1) is 0 Å². The molecule has 1 amide bonds. The molecule has 0 radical (unpaired) electrons. The Hall–Kier alpha value is -2.80. The molecule has 2 aromatic carbocycles. The zero-order chi connectivity index (χ0) is 19.1. The number of carbonyl (C=O) groups excluding carboxylic acids is 1. The van der Waals surface area contributed by atoms with Crippen molar-refractivity contribution in [3.63, 3.8) is 0 Å². The molecule has 0 spiro atoms. The predicted molar refractivity (Wildman–Crippen MR) is 106 cm³/mol. The second-order valence-electron chi connectivity index (χ2n) is 6.12. The number of ether oxygens (including phenoxy) is 1. The minimum absolute atomic E-state index is 0.197. The number of amides is 1. The number of hydrogen-bond donors (Lipinski definition) is 1. The fourth-order valence-corrected chi connectivity index (χ4v) is 4.34. The van der Waals surface area contributed by atoms with E-state index < -0.39 is 10.0 Å². The first-order chi connectivity index (χ1) is 13.0. The van der Waals surface area contributed by atoms with Crippen LogP contribution in [0.2, 0.25) is 0 Å². The Morgan fingerprint density at radius 1 is 1.11 bits per heavy atom. The third-order valence-corrected chi connectivity index (χ3v) is 5.99. The summed E-state index contributed by atoms with van der Waals surface area (Å²) in [6.45, 7) is 1.32. The Morgan fingerprint density at radius 3 is 2.52 bits per heavy atom. The summed E-state index contributed by atoms with van der Waals surface area (Å²) in [4.78, 5) is 11.8. The molecular weight excluding hydrogens is 364 g/mol. The molecule has 0 unspecified atom stereocenters. The van der Waals surface area contributed by atoms with Crippen molar-refractivity contribution in [2.75, 3.05) is 29.8 Å². The van der Waals surface area contributed by atoms with Crippen LogP contribution in [0.25, 0.3) is 6.08 Å². The van der Waals surface area contributed by atoms with E-state index in [0.717, 1.165) is 11.3 Å². The highest BCUT2D eigenvalue weighted by atomic mass is 32.2. The molecule has 142 valence electrons. The van der Waals surface area contributed by atoms with Crippen LogP contribution >= 0.6 is 0 Å². The molecule has 7 heteroatoms. The number of carbonyl (C=O) groups is 1. The molecule has 1 fully saturated rings. The Labute approximate surface area is 159 Å². The van der Waals surface area contributed by atoms with Crippen LogP contribution in [-0.2, 0) is 14.8 Å². The van der Waals surface area contributed by atoms with Crippen LogP contribution in [0.4, 0.5) is 5.69 Å². The number of nitrogens with zero attached hydrogens (tertiary/aromatic N) is 1. The summed E-state index contributed by atoms with van der Waals surface area (Å²) in [5.41, 5.74) is 1.48. The van der Waals surface area contributed by atoms with E-state index in [1.807, 2.05) is 30.3 Å². The quantitative estimate of drug-likeness (QED) is 0.586. The van der Waals surface area contributed by atoms with Crippen molar-refractivity contribution < 1.29 is 17.9 Å². The van der Waals surface area contributed by atoms with Gasteiger partial charge >= 0.3 is 0 Å². The summed E-state index contributed by atoms with van der Waals surface area (Å²) >= 11 is 0. The van der Waals surface area contributed by atoms with Gasteiger partial charge in [0.05, 0.1) is 18.0 Å². The van der Waals surface area contributed by atoms with E-state index in [-0.39, 0.29) is 11.7 Å². The number of rotatable bonds is 7. The van der Waals surface area contributed by atoms with Gasteiger partial charge < -0.3 is 10.1 Å². The lowest BCUT2D eigenvalue weighted by Gasteiger charge is -2.16. The van der Waals surface area contributed by atoms with Gasteiger partial charge in [0, 0.05) is 12.6 Å². The van der Waals surface area contributed by atoms with Crippen LogP contribution in [0.5, 0.6) is 5.75 Å². The van der Waals surface area contributed by atoms with Crippen molar-refractivity contribution in [2.45, 2.75) is 6.42 Å². The summed E-state index contributed by atoms with van der Waals surface area (Å²) < 4.78 is 30.8. The molecule has 1 aliphatic rings. The van der Waals surface area contributed by atoms with Crippen LogP contribution in [0.3, 0.4) is 0 Å². The third kappa shape index (κ3) is 5.34. The highest BCUT2D eigenvalue weighted by Gasteiger charge is 2.28. The number of anilines is 1. The molecular formula is C20H22N2O4S. The van der Waals surface area contributed by atoms with E-state index >= 15 is 0 Å². The molecule has 1 N–H and O–H groups in total. The fourth-order valence-electron chi connectivity index (χ4n) is 2.77. The van der Waals surface area contributed by atoms with Gasteiger partial charge in [-0.25, -0.2) is 8.42 Å². The van der Waals surface area contributed by atoms with Crippen molar-refractivity contribution in [2.24, 2.45) is 0 Å². The summed E-state index contributed by atoms with van der Waals surface area (Å²) in [5, 5.41) is 2.75. The number of nitrogens with one attached hydrogen (secondary N) is 1. The van der Waals surface area contributed by atoms with E-state index in [1.165, 1.54) is 10.4 Å². The Balaban J connectivity index is 1.45. The number of para-hydroxylation sites is 1. The van der Waals surface area contributed by atoms with Crippen molar-refractivity contribution >= 4 is 27.7 Å². The number of hydrogen-bond acceptors (Lipinski definition) is 4. The Morgan fingerprint density at radius 2 is 1.85 bits per heavy atom. The Bertz CT molecular complexity index is 893. The van der Waals surface area contributed by atoms with Crippen molar-refractivity contribution in [1.82, 2.24) is 5.32 Å². The van der Waals surface area contributed by atoms with E-state index in [1.54, 1.807) is 30.3 Å². The minimum atomic E-state index is -3.17. The van der Waals surface area contributed by atoms with Gasteiger partial charge in [-0.05, 0) is 42.3 Å². The van der Waals surface area contributed by atoms with Crippen LogP contribution in [-0.4, -0.2) is 39.8 Å². The monoisotopic (exact) mass is 386 g/mol.